The predicted molar refractivity (Wildman–Crippen MR) is 62.8 cm³/mol. The summed E-state index contributed by atoms with van der Waals surface area (Å²) >= 11 is 5.57. The molecule has 1 heterocycles. The average molecular weight is 316 g/mol. The fourth-order valence-corrected chi connectivity index (χ4v) is 3.04. The van der Waals surface area contributed by atoms with Crippen LogP contribution in [0.3, 0.4) is 0 Å². The molecule has 80 valence electrons. The maximum atomic E-state index is 13.8. The van der Waals surface area contributed by atoms with E-state index >= 15 is 0 Å². The van der Waals surface area contributed by atoms with Crippen molar-refractivity contribution in [3.05, 3.63) is 33.5 Å². The van der Waals surface area contributed by atoms with Gasteiger partial charge in [-0.25, -0.2) is 4.39 Å². The lowest BCUT2D eigenvalue weighted by atomic mass is 10.2. The third kappa shape index (κ3) is 2.24. The van der Waals surface area contributed by atoms with E-state index in [-0.39, 0.29) is 10.0 Å². The van der Waals surface area contributed by atoms with Gasteiger partial charge in [0.25, 0.3) is 0 Å². The van der Waals surface area contributed by atoms with Gasteiger partial charge in [0, 0.05) is 0 Å². The quantitative estimate of drug-likeness (QED) is 0.851. The van der Waals surface area contributed by atoms with E-state index < -0.39 is 5.82 Å². The van der Waals surface area contributed by atoms with Crippen LogP contribution in [0.25, 0.3) is 0 Å². The lowest BCUT2D eigenvalue weighted by molar-refractivity contribution is 0.594. The van der Waals surface area contributed by atoms with E-state index in [0.29, 0.717) is 9.24 Å². The van der Waals surface area contributed by atoms with Gasteiger partial charge in [-0.15, -0.1) is 10.2 Å². The first-order chi connectivity index (χ1) is 7.72. The molecule has 0 saturated carbocycles. The standard InChI is InChI=1S/C9H3BrFN3S2/c10-7-5(3-12)1-2-6(8(7)11)16-9-14-13-4-15-9/h1-2,4H. The highest BCUT2D eigenvalue weighted by Gasteiger charge is 2.13. The number of hydrogen-bond donors (Lipinski definition) is 0. The lowest BCUT2D eigenvalue weighted by Gasteiger charge is -2.02. The average Bonchev–Trinajstić information content (AvgIpc) is 2.78. The van der Waals surface area contributed by atoms with Crippen molar-refractivity contribution < 1.29 is 4.39 Å². The molecule has 0 spiro atoms. The van der Waals surface area contributed by atoms with Crippen LogP contribution in [0.15, 0.2) is 31.4 Å². The first kappa shape index (κ1) is 11.5. The molecule has 0 aliphatic heterocycles. The fourth-order valence-electron chi connectivity index (χ4n) is 0.998. The molecule has 0 atom stereocenters. The summed E-state index contributed by atoms with van der Waals surface area (Å²) in [7, 11) is 0. The minimum atomic E-state index is -0.445. The molecule has 2 aromatic rings. The molecule has 7 heteroatoms. The molecule has 0 N–H and O–H groups in total. The highest BCUT2D eigenvalue weighted by Crippen LogP contribution is 2.34. The Balaban J connectivity index is 2.37. The Kier molecular flexibility index (Phi) is 3.53. The van der Waals surface area contributed by atoms with Gasteiger partial charge in [0.2, 0.25) is 0 Å². The van der Waals surface area contributed by atoms with Crippen LogP contribution in [0.5, 0.6) is 0 Å². The van der Waals surface area contributed by atoms with E-state index in [9.17, 15) is 4.39 Å². The third-order valence-electron chi connectivity index (χ3n) is 1.70. The van der Waals surface area contributed by atoms with Crippen molar-refractivity contribution in [2.24, 2.45) is 0 Å². The van der Waals surface area contributed by atoms with Crippen molar-refractivity contribution in [1.29, 1.82) is 5.26 Å². The van der Waals surface area contributed by atoms with E-state index in [4.69, 9.17) is 5.26 Å². The van der Waals surface area contributed by atoms with Crippen LogP contribution >= 0.6 is 39.0 Å². The number of hydrogen-bond acceptors (Lipinski definition) is 5. The summed E-state index contributed by atoms with van der Waals surface area (Å²) in [5, 5.41) is 16.2. The molecule has 1 aromatic heterocycles. The monoisotopic (exact) mass is 315 g/mol. The van der Waals surface area contributed by atoms with Crippen LogP contribution in [0.4, 0.5) is 4.39 Å². The second-order valence-electron chi connectivity index (χ2n) is 2.66. The van der Waals surface area contributed by atoms with Crippen molar-refractivity contribution in [1.82, 2.24) is 10.2 Å². The number of rotatable bonds is 2. The fraction of sp³-hybridized carbons (Fsp3) is 0. The van der Waals surface area contributed by atoms with Crippen LogP contribution < -0.4 is 0 Å². The Labute approximate surface area is 107 Å². The zero-order valence-corrected chi connectivity index (χ0v) is 10.9. The van der Waals surface area contributed by atoms with Gasteiger partial charge in [0.05, 0.1) is 14.9 Å². The number of halogens is 2. The van der Waals surface area contributed by atoms with Gasteiger partial charge in [0.1, 0.15) is 11.6 Å². The van der Waals surface area contributed by atoms with E-state index in [1.54, 1.807) is 17.6 Å². The molecule has 0 fully saturated rings. The van der Waals surface area contributed by atoms with Crippen molar-refractivity contribution in [3.63, 3.8) is 0 Å². The van der Waals surface area contributed by atoms with Crippen LogP contribution in [0, 0.1) is 17.1 Å². The SMILES string of the molecule is N#Cc1ccc(Sc2nncs2)c(F)c1Br. The number of benzene rings is 1. The van der Waals surface area contributed by atoms with Crippen LogP contribution in [-0.4, -0.2) is 10.2 Å². The molecule has 16 heavy (non-hydrogen) atoms. The highest BCUT2D eigenvalue weighted by atomic mass is 79.9. The van der Waals surface area contributed by atoms with Gasteiger partial charge in [-0.05, 0) is 28.1 Å². The number of aromatic nitrogens is 2. The van der Waals surface area contributed by atoms with E-state index in [0.717, 1.165) is 0 Å². The predicted octanol–water partition coefficient (Wildman–Crippen LogP) is 3.46. The first-order valence-electron chi connectivity index (χ1n) is 4.04. The summed E-state index contributed by atoms with van der Waals surface area (Å²) in [4.78, 5) is 0.419. The zero-order chi connectivity index (χ0) is 11.5. The van der Waals surface area contributed by atoms with Gasteiger partial charge >= 0.3 is 0 Å². The van der Waals surface area contributed by atoms with E-state index in [1.807, 2.05) is 6.07 Å². The molecule has 0 aliphatic carbocycles. The Hall–Kier alpha value is -0.970. The summed E-state index contributed by atoms with van der Waals surface area (Å²) in [5.41, 5.74) is 1.86. The summed E-state index contributed by atoms with van der Waals surface area (Å²) in [6.07, 6.45) is 0. The normalized spacial score (nSPS) is 10.1. The number of nitrogens with zero attached hydrogens (tertiary/aromatic N) is 3. The summed E-state index contributed by atoms with van der Waals surface area (Å²) in [6, 6.07) is 5.03. The molecular weight excluding hydrogens is 313 g/mol. The van der Waals surface area contributed by atoms with Crippen molar-refractivity contribution in [2.75, 3.05) is 0 Å². The van der Waals surface area contributed by atoms with Gasteiger partial charge in [-0.2, -0.15) is 5.26 Å². The molecule has 0 radical (unpaired) electrons. The van der Waals surface area contributed by atoms with Gasteiger partial charge in [-0.3, -0.25) is 0 Å². The Morgan fingerprint density at radius 2 is 2.31 bits per heavy atom. The minimum absolute atomic E-state index is 0.185. The smallest absolute Gasteiger partial charge is 0.178 e. The van der Waals surface area contributed by atoms with Crippen LogP contribution in [0.2, 0.25) is 0 Å². The van der Waals surface area contributed by atoms with Gasteiger partial charge in [0.15, 0.2) is 10.2 Å². The molecule has 0 unspecified atom stereocenters. The molecule has 1 aromatic carbocycles. The first-order valence-corrected chi connectivity index (χ1v) is 6.53. The van der Waals surface area contributed by atoms with Crippen molar-refractivity contribution in [3.8, 4) is 6.07 Å². The maximum absolute atomic E-state index is 13.8. The molecule has 0 aliphatic rings. The topological polar surface area (TPSA) is 49.6 Å². The second-order valence-corrected chi connectivity index (χ2v) is 5.57. The summed E-state index contributed by atoms with van der Waals surface area (Å²) in [5.74, 6) is -0.445. The molecule has 0 saturated heterocycles. The lowest BCUT2D eigenvalue weighted by Crippen LogP contribution is -1.87. The number of nitriles is 1. The summed E-state index contributed by atoms with van der Waals surface area (Å²) in [6.45, 7) is 0. The largest absolute Gasteiger partial charge is 0.204 e. The van der Waals surface area contributed by atoms with Crippen LogP contribution in [-0.2, 0) is 0 Å². The molecule has 2 rings (SSSR count). The van der Waals surface area contributed by atoms with Gasteiger partial charge in [-0.1, -0.05) is 23.1 Å². The Morgan fingerprint density at radius 1 is 1.50 bits per heavy atom. The highest BCUT2D eigenvalue weighted by molar-refractivity contribution is 9.10. The van der Waals surface area contributed by atoms with Crippen LogP contribution in [0.1, 0.15) is 5.56 Å². The van der Waals surface area contributed by atoms with Gasteiger partial charge < -0.3 is 0 Å². The summed E-state index contributed by atoms with van der Waals surface area (Å²) < 4.78 is 14.6. The molecular formula is C9H3BrFN3S2. The molecule has 3 nitrogen and oxygen atoms in total. The molecule has 0 bridgehead atoms. The molecule has 0 amide bonds. The van der Waals surface area contributed by atoms with E-state index in [2.05, 4.69) is 26.1 Å². The zero-order valence-electron chi connectivity index (χ0n) is 7.65. The maximum Gasteiger partial charge on any atom is 0.178 e. The van der Waals surface area contributed by atoms with Crippen molar-refractivity contribution >= 4 is 39.0 Å². The third-order valence-corrected chi connectivity index (χ3v) is 4.29. The minimum Gasteiger partial charge on any atom is -0.204 e. The Morgan fingerprint density at radius 3 is 2.94 bits per heavy atom. The Bertz CT molecular complexity index is 551. The van der Waals surface area contributed by atoms with Crippen molar-refractivity contribution in [2.45, 2.75) is 9.24 Å². The second kappa shape index (κ2) is 4.91. The van der Waals surface area contributed by atoms with E-state index in [1.165, 1.54) is 23.1 Å².